The first-order chi connectivity index (χ1) is 15.7. The number of hydrogen-bond donors (Lipinski definition) is 1. The maximum Gasteiger partial charge on any atom is 0.433 e. The van der Waals surface area contributed by atoms with Crippen molar-refractivity contribution < 1.29 is 18.0 Å². The molecule has 3 aromatic rings. The molecule has 2 amide bonds. The number of urea groups is 1. The van der Waals surface area contributed by atoms with Crippen LogP contribution >= 0.6 is 11.6 Å². The minimum atomic E-state index is -4.50. The van der Waals surface area contributed by atoms with E-state index in [2.05, 4.69) is 20.5 Å². The van der Waals surface area contributed by atoms with E-state index in [1.165, 1.54) is 6.07 Å². The highest BCUT2D eigenvalue weighted by atomic mass is 35.5. The lowest BCUT2D eigenvalue weighted by molar-refractivity contribution is -0.141. The van der Waals surface area contributed by atoms with Gasteiger partial charge in [0, 0.05) is 24.3 Å². The summed E-state index contributed by atoms with van der Waals surface area (Å²) in [4.78, 5) is 18.0. The number of aromatic nitrogens is 4. The van der Waals surface area contributed by atoms with E-state index < -0.39 is 11.9 Å². The Morgan fingerprint density at radius 1 is 1.15 bits per heavy atom. The molecule has 4 rings (SSSR count). The van der Waals surface area contributed by atoms with E-state index in [9.17, 15) is 18.0 Å². The van der Waals surface area contributed by atoms with Gasteiger partial charge in [0.15, 0.2) is 5.82 Å². The molecule has 0 aliphatic carbocycles. The standard InChI is InChI=1S/C22H22ClF3N6O/c1-14-29-30-20(32(14)13-15-4-7-17(23)8-5-15)18-3-2-10-31(18)21(33)28-12-16-6-9-19(27-11-16)22(24,25)26/h4-9,11,18H,2-3,10,12-13H2,1H3,(H,28,33)/t18-/m1/s1. The number of hydrogen-bond acceptors (Lipinski definition) is 4. The van der Waals surface area contributed by atoms with Gasteiger partial charge in [-0.1, -0.05) is 29.8 Å². The Morgan fingerprint density at radius 2 is 1.88 bits per heavy atom. The predicted octanol–water partition coefficient (Wildman–Crippen LogP) is 4.75. The maximum absolute atomic E-state index is 12.9. The van der Waals surface area contributed by atoms with Crippen molar-refractivity contribution in [2.45, 2.75) is 45.1 Å². The molecule has 7 nitrogen and oxygen atoms in total. The average Bonchev–Trinajstić information content (AvgIpc) is 3.40. The highest BCUT2D eigenvalue weighted by Gasteiger charge is 2.34. The number of halogens is 4. The number of carbonyl (C=O) groups excluding carboxylic acids is 1. The van der Waals surface area contributed by atoms with E-state index >= 15 is 0 Å². The van der Waals surface area contributed by atoms with E-state index in [-0.39, 0.29) is 18.6 Å². The van der Waals surface area contributed by atoms with E-state index in [1.54, 1.807) is 4.90 Å². The number of amides is 2. The van der Waals surface area contributed by atoms with Gasteiger partial charge in [-0.15, -0.1) is 10.2 Å². The van der Waals surface area contributed by atoms with E-state index in [1.807, 2.05) is 35.8 Å². The fourth-order valence-electron chi connectivity index (χ4n) is 3.87. The summed E-state index contributed by atoms with van der Waals surface area (Å²) in [5.74, 6) is 1.44. The molecule has 0 spiro atoms. The first-order valence-electron chi connectivity index (χ1n) is 10.4. The largest absolute Gasteiger partial charge is 0.433 e. The van der Waals surface area contributed by atoms with Crippen LogP contribution in [0.15, 0.2) is 42.6 Å². The third-order valence-corrected chi connectivity index (χ3v) is 5.84. The topological polar surface area (TPSA) is 75.9 Å². The van der Waals surface area contributed by atoms with Gasteiger partial charge in [-0.2, -0.15) is 13.2 Å². The van der Waals surface area contributed by atoms with Crippen LogP contribution in [-0.4, -0.2) is 37.2 Å². The number of rotatable bonds is 5. The number of likely N-dealkylation sites (tertiary alicyclic amines) is 1. The van der Waals surface area contributed by atoms with Gasteiger partial charge in [0.05, 0.1) is 12.6 Å². The van der Waals surface area contributed by atoms with Crippen molar-refractivity contribution in [1.82, 2.24) is 30.0 Å². The molecule has 0 saturated carbocycles. The summed E-state index contributed by atoms with van der Waals surface area (Å²) in [6.45, 7) is 3.04. The average molecular weight is 479 g/mol. The third kappa shape index (κ3) is 5.27. The second kappa shape index (κ2) is 9.38. The molecule has 1 aromatic carbocycles. The van der Waals surface area contributed by atoms with Crippen LogP contribution in [0.3, 0.4) is 0 Å². The fraction of sp³-hybridized carbons (Fsp3) is 0.364. The van der Waals surface area contributed by atoms with Crippen LogP contribution in [0.25, 0.3) is 0 Å². The lowest BCUT2D eigenvalue weighted by Crippen LogP contribution is -2.40. The number of benzene rings is 1. The zero-order chi connectivity index (χ0) is 23.6. The normalized spacial score (nSPS) is 16.3. The summed E-state index contributed by atoms with van der Waals surface area (Å²) in [6.07, 6.45) is -1.82. The van der Waals surface area contributed by atoms with Gasteiger partial charge in [-0.25, -0.2) is 4.79 Å². The fourth-order valence-corrected chi connectivity index (χ4v) is 3.99. The Morgan fingerprint density at radius 3 is 2.55 bits per heavy atom. The molecular weight excluding hydrogens is 457 g/mol. The first kappa shape index (κ1) is 23.0. The zero-order valence-electron chi connectivity index (χ0n) is 17.8. The predicted molar refractivity (Wildman–Crippen MR) is 115 cm³/mol. The highest BCUT2D eigenvalue weighted by Crippen LogP contribution is 2.32. The van der Waals surface area contributed by atoms with Gasteiger partial charge in [0.1, 0.15) is 11.5 Å². The van der Waals surface area contributed by atoms with Gasteiger partial charge in [0.2, 0.25) is 0 Å². The molecule has 1 fully saturated rings. The molecule has 2 aromatic heterocycles. The smallest absolute Gasteiger partial charge is 0.334 e. The van der Waals surface area contributed by atoms with Crippen LogP contribution < -0.4 is 5.32 Å². The Balaban J connectivity index is 1.44. The van der Waals surface area contributed by atoms with E-state index in [0.29, 0.717) is 29.5 Å². The Labute approximate surface area is 193 Å². The molecule has 33 heavy (non-hydrogen) atoms. The SMILES string of the molecule is Cc1nnc([C@H]2CCCN2C(=O)NCc2ccc(C(F)(F)F)nc2)n1Cc1ccc(Cl)cc1. The monoisotopic (exact) mass is 478 g/mol. The van der Waals surface area contributed by atoms with Crippen LogP contribution in [0, 0.1) is 6.92 Å². The van der Waals surface area contributed by atoms with E-state index in [0.717, 1.165) is 36.5 Å². The summed E-state index contributed by atoms with van der Waals surface area (Å²) in [5, 5.41) is 12.0. The number of nitrogens with zero attached hydrogens (tertiary/aromatic N) is 5. The highest BCUT2D eigenvalue weighted by molar-refractivity contribution is 6.30. The van der Waals surface area contributed by atoms with Crippen molar-refractivity contribution in [3.63, 3.8) is 0 Å². The molecule has 1 aliphatic heterocycles. The molecule has 0 bridgehead atoms. The molecule has 1 aliphatic rings. The zero-order valence-corrected chi connectivity index (χ0v) is 18.6. The quantitative estimate of drug-likeness (QED) is 0.574. The van der Waals surface area contributed by atoms with Crippen molar-refractivity contribution in [1.29, 1.82) is 0 Å². The molecular formula is C22H22ClF3N6O. The van der Waals surface area contributed by atoms with Gasteiger partial charge in [-0.3, -0.25) is 4.98 Å². The van der Waals surface area contributed by atoms with Gasteiger partial charge in [0.25, 0.3) is 0 Å². The van der Waals surface area contributed by atoms with E-state index in [4.69, 9.17) is 11.6 Å². The summed E-state index contributed by atoms with van der Waals surface area (Å²) in [5.41, 5.74) is 0.550. The van der Waals surface area contributed by atoms with Crippen LogP contribution in [-0.2, 0) is 19.3 Å². The van der Waals surface area contributed by atoms with Crippen molar-refractivity contribution in [2.75, 3.05) is 6.54 Å². The lowest BCUT2D eigenvalue weighted by Gasteiger charge is -2.25. The third-order valence-electron chi connectivity index (χ3n) is 5.59. The van der Waals surface area contributed by atoms with Gasteiger partial charge in [-0.05, 0) is 49.1 Å². The number of carbonyl (C=O) groups is 1. The molecule has 174 valence electrons. The van der Waals surface area contributed by atoms with Crippen molar-refractivity contribution in [3.05, 3.63) is 76.1 Å². The summed E-state index contributed by atoms with van der Waals surface area (Å²) < 4.78 is 40.0. The second-order valence-electron chi connectivity index (χ2n) is 7.88. The molecule has 3 heterocycles. The van der Waals surface area contributed by atoms with Crippen LogP contribution in [0.2, 0.25) is 5.02 Å². The Bertz CT molecular complexity index is 1110. The van der Waals surface area contributed by atoms with Crippen molar-refractivity contribution in [3.8, 4) is 0 Å². The second-order valence-corrected chi connectivity index (χ2v) is 8.31. The minimum Gasteiger partial charge on any atom is -0.334 e. The summed E-state index contributed by atoms with van der Waals surface area (Å²) >= 11 is 5.98. The molecule has 0 radical (unpaired) electrons. The number of nitrogens with one attached hydrogen (secondary N) is 1. The maximum atomic E-state index is 12.9. The van der Waals surface area contributed by atoms with Gasteiger partial charge >= 0.3 is 12.2 Å². The molecule has 1 N–H and O–H groups in total. The Hall–Kier alpha value is -3.14. The van der Waals surface area contributed by atoms with Crippen molar-refractivity contribution >= 4 is 17.6 Å². The van der Waals surface area contributed by atoms with Crippen molar-refractivity contribution in [2.24, 2.45) is 0 Å². The molecule has 0 unspecified atom stereocenters. The van der Waals surface area contributed by atoms with Crippen LogP contribution in [0.5, 0.6) is 0 Å². The molecule has 1 saturated heterocycles. The minimum absolute atomic E-state index is 0.0731. The number of pyridine rings is 1. The Kier molecular flexibility index (Phi) is 6.55. The summed E-state index contributed by atoms with van der Waals surface area (Å²) in [7, 11) is 0. The lowest BCUT2D eigenvalue weighted by atomic mass is 10.2. The number of aryl methyl sites for hydroxylation is 1. The first-order valence-corrected chi connectivity index (χ1v) is 10.8. The number of alkyl halides is 3. The van der Waals surface area contributed by atoms with Gasteiger partial charge < -0.3 is 14.8 Å². The molecule has 1 atom stereocenters. The van der Waals surface area contributed by atoms with Crippen LogP contribution in [0.4, 0.5) is 18.0 Å². The summed E-state index contributed by atoms with van der Waals surface area (Å²) in [6, 6.07) is 9.17. The molecule has 11 heteroatoms. The van der Waals surface area contributed by atoms with Crippen LogP contribution in [0.1, 0.15) is 47.4 Å².